The van der Waals surface area contributed by atoms with Crippen LogP contribution >= 0.6 is 0 Å². The minimum atomic E-state index is -1.46. The Bertz CT molecular complexity index is 1150. The molecular weight excluding hydrogens is 472 g/mol. The molecule has 1 fully saturated rings. The summed E-state index contributed by atoms with van der Waals surface area (Å²) in [4.78, 5) is 66.3. The molecule has 2 heterocycles. The lowest BCUT2D eigenvalue weighted by Crippen LogP contribution is -2.58. The van der Waals surface area contributed by atoms with E-state index in [4.69, 9.17) is 16.6 Å². The van der Waals surface area contributed by atoms with Gasteiger partial charge in [0.15, 0.2) is 0 Å². The Morgan fingerprint density at radius 2 is 1.81 bits per heavy atom. The molecule has 13 nitrogen and oxygen atoms in total. The summed E-state index contributed by atoms with van der Waals surface area (Å²) in [6.07, 6.45) is 1.92. The lowest BCUT2D eigenvalue weighted by atomic mass is 10.0. The van der Waals surface area contributed by atoms with Gasteiger partial charge in [0, 0.05) is 30.1 Å². The fourth-order valence-corrected chi connectivity index (χ4v) is 4.25. The fraction of sp³-hybridized carbons (Fsp3) is 0.435. The van der Waals surface area contributed by atoms with Crippen LogP contribution < -0.4 is 22.1 Å². The SMILES string of the molecule is NC(=O)CC(NC(=O)C(N)CO)C(=O)NC(Cc1c[nH]c2ccccc12)C(=O)N1CCCC1C(=O)O. The summed E-state index contributed by atoms with van der Waals surface area (Å²) in [6, 6.07) is 2.32. The largest absolute Gasteiger partial charge is 0.480 e. The number of aliphatic hydroxyl groups is 1. The number of para-hydroxylation sites is 1. The minimum Gasteiger partial charge on any atom is -0.480 e. The molecule has 0 bridgehead atoms. The van der Waals surface area contributed by atoms with Gasteiger partial charge in [0.25, 0.3) is 0 Å². The predicted molar refractivity (Wildman–Crippen MR) is 127 cm³/mol. The molecule has 1 aromatic heterocycles. The van der Waals surface area contributed by atoms with Crippen LogP contribution in [0, 0.1) is 0 Å². The van der Waals surface area contributed by atoms with E-state index in [0.29, 0.717) is 12.0 Å². The number of carboxylic acids is 1. The number of likely N-dealkylation sites (tertiary alicyclic amines) is 1. The molecule has 0 aliphatic carbocycles. The van der Waals surface area contributed by atoms with Crippen molar-refractivity contribution in [1.29, 1.82) is 0 Å². The average molecular weight is 503 g/mol. The maximum atomic E-state index is 13.5. The quantitative estimate of drug-likeness (QED) is 0.181. The van der Waals surface area contributed by atoms with Crippen molar-refractivity contribution in [3.05, 3.63) is 36.0 Å². The monoisotopic (exact) mass is 502 g/mol. The van der Waals surface area contributed by atoms with E-state index in [1.165, 1.54) is 4.90 Å². The maximum absolute atomic E-state index is 13.5. The first-order valence-corrected chi connectivity index (χ1v) is 11.5. The predicted octanol–water partition coefficient (Wildman–Crippen LogP) is -2.05. The number of carbonyl (C=O) groups is 5. The molecule has 1 aliphatic rings. The molecule has 36 heavy (non-hydrogen) atoms. The molecule has 4 unspecified atom stereocenters. The van der Waals surface area contributed by atoms with Crippen LogP contribution in [0.2, 0.25) is 0 Å². The number of aliphatic carboxylic acids is 1. The summed E-state index contributed by atoms with van der Waals surface area (Å²) in [5.41, 5.74) is 12.2. The first-order chi connectivity index (χ1) is 17.1. The van der Waals surface area contributed by atoms with Gasteiger partial charge in [-0.05, 0) is 24.5 Å². The highest BCUT2D eigenvalue weighted by Crippen LogP contribution is 2.23. The molecule has 3 rings (SSSR count). The van der Waals surface area contributed by atoms with Crippen LogP contribution in [0.5, 0.6) is 0 Å². The van der Waals surface area contributed by atoms with Crippen LogP contribution in [0.3, 0.4) is 0 Å². The number of nitrogens with zero attached hydrogens (tertiary/aromatic N) is 1. The van der Waals surface area contributed by atoms with Gasteiger partial charge in [0.05, 0.1) is 13.0 Å². The zero-order valence-corrected chi connectivity index (χ0v) is 19.5. The van der Waals surface area contributed by atoms with E-state index >= 15 is 0 Å². The highest BCUT2D eigenvalue weighted by Gasteiger charge is 2.39. The number of amides is 4. The summed E-state index contributed by atoms with van der Waals surface area (Å²) in [7, 11) is 0. The van der Waals surface area contributed by atoms with E-state index in [1.54, 1.807) is 6.20 Å². The number of nitrogens with one attached hydrogen (secondary N) is 3. The summed E-state index contributed by atoms with van der Waals surface area (Å²) in [5, 5.41) is 24.3. The standard InChI is InChI=1S/C23H30N6O7/c24-14(11-30)20(32)27-16(9-19(25)31)21(33)28-17(22(34)29-7-3-6-18(29)23(35)36)8-12-10-26-15-5-2-1-4-13(12)15/h1-2,4-5,10,14,16-18,26,30H,3,6-9,11,24H2,(H2,25,31)(H,27,32)(H,28,33)(H,35,36). The van der Waals surface area contributed by atoms with Gasteiger partial charge in [-0.3, -0.25) is 19.2 Å². The summed E-state index contributed by atoms with van der Waals surface area (Å²) in [6.45, 7) is -0.479. The molecule has 194 valence electrons. The van der Waals surface area contributed by atoms with Crippen molar-refractivity contribution in [2.75, 3.05) is 13.2 Å². The van der Waals surface area contributed by atoms with Gasteiger partial charge >= 0.3 is 5.97 Å². The highest BCUT2D eigenvalue weighted by atomic mass is 16.4. The Kier molecular flexibility index (Phi) is 8.61. The zero-order valence-electron chi connectivity index (χ0n) is 19.5. The number of fused-ring (bicyclic) bond motifs is 1. The van der Waals surface area contributed by atoms with Gasteiger partial charge in [-0.25, -0.2) is 4.79 Å². The smallest absolute Gasteiger partial charge is 0.326 e. The number of nitrogens with two attached hydrogens (primary N) is 2. The molecule has 13 heteroatoms. The van der Waals surface area contributed by atoms with Gasteiger partial charge < -0.3 is 42.2 Å². The van der Waals surface area contributed by atoms with E-state index in [0.717, 1.165) is 10.9 Å². The number of hydrogen-bond donors (Lipinski definition) is 7. The second-order valence-electron chi connectivity index (χ2n) is 8.67. The van der Waals surface area contributed by atoms with Crippen molar-refractivity contribution >= 4 is 40.5 Å². The Morgan fingerprint density at radius 1 is 1.11 bits per heavy atom. The Labute approximate surface area is 206 Å². The lowest BCUT2D eigenvalue weighted by Gasteiger charge is -2.28. The molecule has 2 aromatic rings. The fourth-order valence-electron chi connectivity index (χ4n) is 4.25. The van der Waals surface area contributed by atoms with Crippen molar-refractivity contribution in [2.24, 2.45) is 11.5 Å². The molecule has 1 aromatic carbocycles. The second kappa shape index (κ2) is 11.6. The van der Waals surface area contributed by atoms with E-state index in [1.807, 2.05) is 24.3 Å². The van der Waals surface area contributed by atoms with Gasteiger partial charge in [0.1, 0.15) is 24.2 Å². The maximum Gasteiger partial charge on any atom is 0.326 e. The number of benzene rings is 1. The van der Waals surface area contributed by atoms with Crippen molar-refractivity contribution in [3.8, 4) is 0 Å². The van der Waals surface area contributed by atoms with Crippen LogP contribution in [0.4, 0.5) is 0 Å². The van der Waals surface area contributed by atoms with E-state index < -0.39 is 66.8 Å². The molecule has 1 saturated heterocycles. The Hall–Kier alpha value is -3.97. The van der Waals surface area contributed by atoms with Gasteiger partial charge in [-0.1, -0.05) is 18.2 Å². The summed E-state index contributed by atoms with van der Waals surface area (Å²) < 4.78 is 0. The molecule has 4 atom stereocenters. The van der Waals surface area contributed by atoms with Crippen molar-refractivity contribution in [2.45, 2.75) is 49.9 Å². The normalized spacial score (nSPS) is 17.8. The molecule has 9 N–H and O–H groups in total. The number of aromatic nitrogens is 1. The number of primary amides is 1. The molecule has 0 radical (unpaired) electrons. The number of carboxylic acid groups (broad SMARTS) is 1. The van der Waals surface area contributed by atoms with Crippen LogP contribution in [0.15, 0.2) is 30.5 Å². The first-order valence-electron chi connectivity index (χ1n) is 11.5. The molecular formula is C23H30N6O7. The Balaban J connectivity index is 1.89. The third-order valence-corrected chi connectivity index (χ3v) is 6.11. The van der Waals surface area contributed by atoms with E-state index in [-0.39, 0.29) is 19.4 Å². The van der Waals surface area contributed by atoms with Crippen LogP contribution in [-0.4, -0.2) is 87.0 Å². The van der Waals surface area contributed by atoms with Crippen LogP contribution in [0.1, 0.15) is 24.8 Å². The van der Waals surface area contributed by atoms with Crippen LogP contribution in [0.25, 0.3) is 10.9 Å². The number of H-pyrrole nitrogens is 1. The van der Waals surface area contributed by atoms with Gasteiger partial charge in [-0.15, -0.1) is 0 Å². The number of hydrogen-bond acceptors (Lipinski definition) is 7. The van der Waals surface area contributed by atoms with E-state index in [2.05, 4.69) is 15.6 Å². The Morgan fingerprint density at radius 3 is 2.47 bits per heavy atom. The van der Waals surface area contributed by atoms with Crippen molar-refractivity contribution in [3.63, 3.8) is 0 Å². The molecule has 4 amide bonds. The summed E-state index contributed by atoms with van der Waals surface area (Å²) in [5.74, 6) is -4.40. The topological polar surface area (TPSA) is 221 Å². The van der Waals surface area contributed by atoms with Crippen molar-refractivity contribution < 1.29 is 34.2 Å². The van der Waals surface area contributed by atoms with Gasteiger partial charge in [0.2, 0.25) is 23.6 Å². The van der Waals surface area contributed by atoms with Crippen LogP contribution in [-0.2, 0) is 30.4 Å². The second-order valence-corrected chi connectivity index (χ2v) is 8.67. The number of aliphatic hydroxyl groups excluding tert-OH is 1. The third kappa shape index (κ3) is 6.17. The summed E-state index contributed by atoms with van der Waals surface area (Å²) >= 11 is 0. The van der Waals surface area contributed by atoms with Crippen molar-refractivity contribution in [1.82, 2.24) is 20.5 Å². The average Bonchev–Trinajstić information content (AvgIpc) is 3.49. The molecule has 0 saturated carbocycles. The molecule has 1 aliphatic heterocycles. The zero-order chi connectivity index (χ0) is 26.4. The first kappa shape index (κ1) is 26.6. The molecule has 0 spiro atoms. The van der Waals surface area contributed by atoms with Gasteiger partial charge in [-0.2, -0.15) is 0 Å². The minimum absolute atomic E-state index is 0.0187. The highest BCUT2D eigenvalue weighted by molar-refractivity contribution is 5.96. The number of carbonyl (C=O) groups excluding carboxylic acids is 4. The number of rotatable bonds is 11. The third-order valence-electron chi connectivity index (χ3n) is 6.11. The lowest BCUT2D eigenvalue weighted by molar-refractivity contribution is -0.149. The number of aromatic amines is 1. The van der Waals surface area contributed by atoms with E-state index in [9.17, 15) is 29.1 Å².